The highest BCUT2D eigenvalue weighted by Crippen LogP contribution is 2.23. The minimum absolute atomic E-state index is 0. The third-order valence-corrected chi connectivity index (χ3v) is 3.86. The first-order valence-corrected chi connectivity index (χ1v) is 7.32. The van der Waals surface area contributed by atoms with Crippen LogP contribution in [0.2, 0.25) is 0 Å². The molecule has 1 fully saturated rings. The van der Waals surface area contributed by atoms with Crippen LogP contribution in [0.25, 0.3) is 0 Å². The van der Waals surface area contributed by atoms with Crippen LogP contribution in [-0.2, 0) is 16.0 Å². The molecular formula is C16H23ClFNO2. The maximum Gasteiger partial charge on any atom is 0.323 e. The zero-order chi connectivity index (χ0) is 14.4. The Morgan fingerprint density at radius 1 is 1.24 bits per heavy atom. The summed E-state index contributed by atoms with van der Waals surface area (Å²) in [6.07, 6.45) is 6.40. The van der Waals surface area contributed by atoms with Gasteiger partial charge in [-0.1, -0.05) is 31.4 Å². The maximum absolute atomic E-state index is 12.8. The standard InChI is InChI=1S/C16H22FNO2.ClH/c17-14-8-6-12(7-9-14)10-15(18)16(19)20-11-13-4-2-1-3-5-13;/h6-9,13,15H,1-5,10-11,18H2;1H. The zero-order valence-electron chi connectivity index (χ0n) is 12.1. The quantitative estimate of drug-likeness (QED) is 0.849. The van der Waals surface area contributed by atoms with Gasteiger partial charge in [0, 0.05) is 0 Å². The van der Waals surface area contributed by atoms with Crippen LogP contribution in [0.1, 0.15) is 37.7 Å². The van der Waals surface area contributed by atoms with Crippen molar-refractivity contribution in [2.45, 2.75) is 44.6 Å². The Morgan fingerprint density at radius 3 is 2.48 bits per heavy atom. The highest BCUT2D eigenvalue weighted by molar-refractivity contribution is 5.85. The zero-order valence-corrected chi connectivity index (χ0v) is 12.9. The van der Waals surface area contributed by atoms with E-state index in [1.54, 1.807) is 12.1 Å². The van der Waals surface area contributed by atoms with Crippen molar-refractivity contribution in [1.29, 1.82) is 0 Å². The summed E-state index contributed by atoms with van der Waals surface area (Å²) in [6, 6.07) is 5.35. The van der Waals surface area contributed by atoms with Gasteiger partial charge in [0.25, 0.3) is 0 Å². The number of hydrogen-bond donors (Lipinski definition) is 1. The second kappa shape index (κ2) is 9.00. The summed E-state index contributed by atoms with van der Waals surface area (Å²) < 4.78 is 18.1. The van der Waals surface area contributed by atoms with Gasteiger partial charge in [0.1, 0.15) is 11.9 Å². The number of nitrogens with two attached hydrogens (primary N) is 1. The average Bonchev–Trinajstić information content (AvgIpc) is 2.48. The largest absolute Gasteiger partial charge is 0.464 e. The molecule has 1 aliphatic rings. The molecule has 1 saturated carbocycles. The van der Waals surface area contributed by atoms with E-state index in [0.29, 0.717) is 18.9 Å². The second-order valence-electron chi connectivity index (χ2n) is 5.57. The number of benzene rings is 1. The minimum Gasteiger partial charge on any atom is -0.464 e. The van der Waals surface area contributed by atoms with E-state index in [9.17, 15) is 9.18 Å². The number of carbonyl (C=O) groups excluding carboxylic acids is 1. The molecule has 0 bridgehead atoms. The van der Waals surface area contributed by atoms with Crippen LogP contribution in [0.4, 0.5) is 4.39 Å². The number of ether oxygens (including phenoxy) is 1. The van der Waals surface area contributed by atoms with E-state index in [1.165, 1.54) is 31.4 Å². The normalized spacial score (nSPS) is 16.9. The van der Waals surface area contributed by atoms with Crippen LogP contribution in [0.3, 0.4) is 0 Å². The smallest absolute Gasteiger partial charge is 0.323 e. The molecular weight excluding hydrogens is 293 g/mol. The van der Waals surface area contributed by atoms with Gasteiger partial charge in [0.05, 0.1) is 6.61 Å². The van der Waals surface area contributed by atoms with E-state index in [-0.39, 0.29) is 24.2 Å². The van der Waals surface area contributed by atoms with Crippen LogP contribution in [0, 0.1) is 11.7 Å². The molecule has 0 amide bonds. The lowest BCUT2D eigenvalue weighted by Gasteiger charge is -2.22. The van der Waals surface area contributed by atoms with Crippen LogP contribution < -0.4 is 5.73 Å². The second-order valence-corrected chi connectivity index (χ2v) is 5.57. The van der Waals surface area contributed by atoms with E-state index in [1.807, 2.05) is 0 Å². The fourth-order valence-corrected chi connectivity index (χ4v) is 2.62. The predicted octanol–water partition coefficient (Wildman–Crippen LogP) is 3.24. The van der Waals surface area contributed by atoms with E-state index in [2.05, 4.69) is 0 Å². The van der Waals surface area contributed by atoms with Crippen molar-refractivity contribution in [3.05, 3.63) is 35.6 Å². The first kappa shape index (κ1) is 17.9. The SMILES string of the molecule is Cl.NC(Cc1ccc(F)cc1)C(=O)OCC1CCCCC1. The molecule has 0 spiro atoms. The summed E-state index contributed by atoms with van der Waals surface area (Å²) in [7, 11) is 0. The molecule has 1 aromatic rings. The molecule has 0 heterocycles. The lowest BCUT2D eigenvalue weighted by atomic mass is 9.90. The Bertz CT molecular complexity index is 432. The van der Waals surface area contributed by atoms with Crippen molar-refractivity contribution >= 4 is 18.4 Å². The number of rotatable bonds is 5. The summed E-state index contributed by atoms with van der Waals surface area (Å²) in [5.41, 5.74) is 6.68. The third-order valence-electron chi connectivity index (χ3n) is 3.86. The molecule has 3 nitrogen and oxygen atoms in total. The molecule has 2 rings (SSSR count). The first-order valence-electron chi connectivity index (χ1n) is 7.32. The van der Waals surface area contributed by atoms with E-state index in [0.717, 1.165) is 18.4 Å². The first-order chi connectivity index (χ1) is 9.65. The molecule has 1 atom stereocenters. The van der Waals surface area contributed by atoms with Gasteiger partial charge >= 0.3 is 5.97 Å². The van der Waals surface area contributed by atoms with Gasteiger partial charge in [0.2, 0.25) is 0 Å². The summed E-state index contributed by atoms with van der Waals surface area (Å²) in [5, 5.41) is 0. The highest BCUT2D eigenvalue weighted by atomic mass is 35.5. The van der Waals surface area contributed by atoms with Gasteiger partial charge in [-0.3, -0.25) is 4.79 Å². The van der Waals surface area contributed by atoms with Crippen molar-refractivity contribution in [2.75, 3.05) is 6.61 Å². The molecule has 1 aliphatic carbocycles. The van der Waals surface area contributed by atoms with Crippen molar-refractivity contribution in [2.24, 2.45) is 11.7 Å². The Kier molecular flexibility index (Phi) is 7.68. The Morgan fingerprint density at radius 2 is 1.86 bits per heavy atom. The minimum atomic E-state index is -0.677. The Balaban J connectivity index is 0.00000220. The third kappa shape index (κ3) is 6.02. The lowest BCUT2D eigenvalue weighted by molar-refractivity contribution is -0.146. The van der Waals surface area contributed by atoms with Gasteiger partial charge in [-0.2, -0.15) is 0 Å². The molecule has 0 aliphatic heterocycles. The summed E-state index contributed by atoms with van der Waals surface area (Å²) in [5.74, 6) is -0.159. The van der Waals surface area contributed by atoms with Gasteiger partial charge in [-0.15, -0.1) is 12.4 Å². The van der Waals surface area contributed by atoms with Crippen LogP contribution in [0.5, 0.6) is 0 Å². The van der Waals surface area contributed by atoms with E-state index in [4.69, 9.17) is 10.5 Å². The number of halogens is 2. The molecule has 1 aromatic carbocycles. The molecule has 0 saturated heterocycles. The summed E-state index contributed by atoms with van der Waals surface area (Å²) in [4.78, 5) is 11.8. The molecule has 1 unspecified atom stereocenters. The van der Waals surface area contributed by atoms with Crippen molar-refractivity contribution < 1.29 is 13.9 Å². The van der Waals surface area contributed by atoms with Crippen LogP contribution in [0.15, 0.2) is 24.3 Å². The molecule has 0 aromatic heterocycles. The maximum atomic E-state index is 12.8. The van der Waals surface area contributed by atoms with Crippen molar-refractivity contribution in [3.8, 4) is 0 Å². The number of carbonyl (C=O) groups is 1. The highest BCUT2D eigenvalue weighted by Gasteiger charge is 2.19. The monoisotopic (exact) mass is 315 g/mol. The lowest BCUT2D eigenvalue weighted by Crippen LogP contribution is -2.35. The van der Waals surface area contributed by atoms with Crippen molar-refractivity contribution in [3.63, 3.8) is 0 Å². The summed E-state index contributed by atoms with van der Waals surface area (Å²) in [6.45, 7) is 0.482. The van der Waals surface area contributed by atoms with Crippen LogP contribution in [-0.4, -0.2) is 18.6 Å². The Hall–Kier alpha value is -1.13. The van der Waals surface area contributed by atoms with E-state index < -0.39 is 6.04 Å². The Labute approximate surface area is 131 Å². The van der Waals surface area contributed by atoms with Gasteiger partial charge in [0.15, 0.2) is 0 Å². The van der Waals surface area contributed by atoms with Gasteiger partial charge in [-0.25, -0.2) is 4.39 Å². The van der Waals surface area contributed by atoms with Gasteiger partial charge < -0.3 is 10.5 Å². The molecule has 5 heteroatoms. The summed E-state index contributed by atoms with van der Waals surface area (Å²) >= 11 is 0. The molecule has 0 radical (unpaired) electrons. The average molecular weight is 316 g/mol. The molecule has 2 N–H and O–H groups in total. The van der Waals surface area contributed by atoms with E-state index >= 15 is 0 Å². The fraction of sp³-hybridized carbons (Fsp3) is 0.562. The topological polar surface area (TPSA) is 52.3 Å². The van der Waals surface area contributed by atoms with Crippen molar-refractivity contribution in [1.82, 2.24) is 0 Å². The predicted molar refractivity (Wildman–Crippen MR) is 82.9 cm³/mol. The molecule has 118 valence electrons. The number of hydrogen-bond acceptors (Lipinski definition) is 3. The molecule has 21 heavy (non-hydrogen) atoms. The fourth-order valence-electron chi connectivity index (χ4n) is 2.62. The van der Waals surface area contributed by atoms with Gasteiger partial charge in [-0.05, 0) is 42.9 Å². The van der Waals surface area contributed by atoms with Crippen LogP contribution >= 0.6 is 12.4 Å². The number of esters is 1.